The lowest BCUT2D eigenvalue weighted by molar-refractivity contribution is 1.08. The zero-order valence-corrected chi connectivity index (χ0v) is 10.4. The Morgan fingerprint density at radius 1 is 1.14 bits per heavy atom. The van der Waals surface area contributed by atoms with E-state index in [0.29, 0.717) is 5.03 Å². The quantitative estimate of drug-likeness (QED) is 0.637. The van der Waals surface area contributed by atoms with Crippen molar-refractivity contribution in [1.82, 2.24) is 0 Å². The molecule has 0 spiro atoms. The molecule has 0 radical (unpaired) electrons. The molecule has 0 fully saturated rings. The number of halogens is 4. The molecule has 0 saturated heterocycles. The summed E-state index contributed by atoms with van der Waals surface area (Å²) in [5.41, 5.74) is 1.69. The topological polar surface area (TPSA) is 0 Å². The molecule has 0 nitrogen and oxygen atoms in total. The Morgan fingerprint density at radius 3 is 2.21 bits per heavy atom. The van der Waals surface area contributed by atoms with Gasteiger partial charge in [-0.3, -0.25) is 0 Å². The van der Waals surface area contributed by atoms with Crippen molar-refractivity contribution >= 4 is 51.4 Å². The fraction of sp³-hybridized carbons (Fsp3) is 0.200. The minimum Gasteiger partial charge on any atom is -0.118 e. The Kier molecular flexibility index (Phi) is 4.59. The van der Waals surface area contributed by atoms with Crippen LogP contribution in [0.1, 0.15) is 23.4 Å². The molecule has 1 unspecified atom stereocenters. The molecule has 0 aromatic heterocycles. The van der Waals surface area contributed by atoms with Crippen LogP contribution in [0.3, 0.4) is 0 Å². The summed E-state index contributed by atoms with van der Waals surface area (Å²) >= 11 is 23.2. The van der Waals surface area contributed by atoms with Gasteiger partial charge in [-0.1, -0.05) is 59.1 Å². The molecule has 1 rings (SSSR count). The van der Waals surface area contributed by atoms with Crippen LogP contribution in [-0.4, -0.2) is 0 Å². The maximum absolute atomic E-state index is 5.99. The second-order valence-corrected chi connectivity index (χ2v) is 4.76. The highest BCUT2D eigenvalue weighted by Gasteiger charge is 2.11. The van der Waals surface area contributed by atoms with Crippen molar-refractivity contribution in [2.75, 3.05) is 0 Å². The first kappa shape index (κ1) is 12.2. The average Bonchev–Trinajstić information content (AvgIpc) is 2.16. The number of rotatable bonds is 2. The molecule has 0 aliphatic rings. The van der Waals surface area contributed by atoms with Crippen LogP contribution in [0.4, 0.5) is 0 Å². The second kappa shape index (κ2) is 5.27. The highest BCUT2D eigenvalue weighted by Crippen LogP contribution is 2.34. The van der Waals surface area contributed by atoms with Gasteiger partial charge in [0.15, 0.2) is 0 Å². The molecule has 0 heterocycles. The lowest BCUT2D eigenvalue weighted by Gasteiger charge is -2.10. The molecule has 14 heavy (non-hydrogen) atoms. The van der Waals surface area contributed by atoms with Gasteiger partial charge < -0.3 is 0 Å². The molecule has 4 heteroatoms. The van der Waals surface area contributed by atoms with Crippen molar-refractivity contribution in [2.24, 2.45) is 0 Å². The normalized spacial score (nSPS) is 12.4. The predicted octanol–water partition coefficient (Wildman–Crippen LogP) is 5.33. The minimum atomic E-state index is -0.132. The van der Waals surface area contributed by atoms with Crippen molar-refractivity contribution < 1.29 is 0 Å². The SMILES string of the molecule is CC(Cl)c1ccccc1C(Cl)=C(Cl)Cl. The van der Waals surface area contributed by atoms with E-state index in [2.05, 4.69) is 0 Å². The van der Waals surface area contributed by atoms with Gasteiger partial charge in [0, 0.05) is 5.56 Å². The molecular formula is C10H8Cl4. The van der Waals surface area contributed by atoms with E-state index in [1.54, 1.807) is 0 Å². The summed E-state index contributed by atoms with van der Waals surface area (Å²) in [6.45, 7) is 1.87. The Morgan fingerprint density at radius 2 is 1.71 bits per heavy atom. The fourth-order valence-electron chi connectivity index (χ4n) is 1.15. The van der Waals surface area contributed by atoms with Gasteiger partial charge in [-0.25, -0.2) is 0 Å². The van der Waals surface area contributed by atoms with Gasteiger partial charge in [0.1, 0.15) is 4.49 Å². The zero-order chi connectivity index (χ0) is 10.7. The zero-order valence-electron chi connectivity index (χ0n) is 7.40. The van der Waals surface area contributed by atoms with Gasteiger partial charge in [-0.15, -0.1) is 11.6 Å². The molecule has 76 valence electrons. The number of benzene rings is 1. The Balaban J connectivity index is 3.28. The summed E-state index contributed by atoms with van der Waals surface area (Å²) in [6, 6.07) is 7.48. The van der Waals surface area contributed by atoms with Gasteiger partial charge in [0.2, 0.25) is 0 Å². The highest BCUT2D eigenvalue weighted by molar-refractivity contribution is 6.66. The maximum Gasteiger partial charge on any atom is 0.126 e. The molecule has 1 aromatic rings. The van der Waals surface area contributed by atoms with Gasteiger partial charge in [-0.05, 0) is 12.5 Å². The van der Waals surface area contributed by atoms with Crippen LogP contribution in [-0.2, 0) is 0 Å². The van der Waals surface area contributed by atoms with Gasteiger partial charge >= 0.3 is 0 Å². The van der Waals surface area contributed by atoms with Gasteiger partial charge in [0.05, 0.1) is 10.4 Å². The third-order valence-electron chi connectivity index (χ3n) is 1.79. The lowest BCUT2D eigenvalue weighted by Crippen LogP contribution is -1.91. The number of hydrogen-bond donors (Lipinski definition) is 0. The van der Waals surface area contributed by atoms with E-state index < -0.39 is 0 Å². The first-order valence-corrected chi connectivity index (χ1v) is 5.55. The maximum atomic E-state index is 5.99. The molecule has 1 atom stereocenters. The van der Waals surface area contributed by atoms with Crippen molar-refractivity contribution in [3.05, 3.63) is 39.9 Å². The van der Waals surface area contributed by atoms with Crippen LogP contribution < -0.4 is 0 Å². The Hall–Kier alpha value is 0.120. The highest BCUT2D eigenvalue weighted by atomic mass is 35.5. The summed E-state index contributed by atoms with van der Waals surface area (Å²) < 4.78 is 0.0523. The standard InChI is InChI=1S/C10H8Cl4/c1-6(11)7-4-2-3-5-8(7)9(12)10(13)14/h2-6H,1H3. The second-order valence-electron chi connectivity index (χ2n) is 2.78. The summed E-state index contributed by atoms with van der Waals surface area (Å²) in [5, 5.41) is 0.198. The van der Waals surface area contributed by atoms with E-state index >= 15 is 0 Å². The largest absolute Gasteiger partial charge is 0.126 e. The van der Waals surface area contributed by atoms with Crippen molar-refractivity contribution in [2.45, 2.75) is 12.3 Å². The first-order valence-electron chi connectivity index (χ1n) is 3.98. The molecule has 0 saturated carbocycles. The van der Waals surface area contributed by atoms with Crippen LogP contribution in [0.25, 0.3) is 5.03 Å². The lowest BCUT2D eigenvalue weighted by atomic mass is 10.1. The van der Waals surface area contributed by atoms with Crippen molar-refractivity contribution in [3.8, 4) is 0 Å². The molecular weight excluding hydrogens is 262 g/mol. The van der Waals surface area contributed by atoms with Crippen LogP contribution in [0, 0.1) is 0 Å². The Labute approximate surface area is 103 Å². The Bertz CT molecular complexity index is 351. The first-order chi connectivity index (χ1) is 6.54. The van der Waals surface area contributed by atoms with E-state index in [4.69, 9.17) is 46.4 Å². The van der Waals surface area contributed by atoms with E-state index in [9.17, 15) is 0 Å². The number of alkyl halides is 1. The van der Waals surface area contributed by atoms with Gasteiger partial charge in [0.25, 0.3) is 0 Å². The summed E-state index contributed by atoms with van der Waals surface area (Å²) in [6.07, 6.45) is 0. The van der Waals surface area contributed by atoms with E-state index in [0.717, 1.165) is 11.1 Å². The van der Waals surface area contributed by atoms with Crippen molar-refractivity contribution in [1.29, 1.82) is 0 Å². The van der Waals surface area contributed by atoms with Crippen LogP contribution in [0.15, 0.2) is 28.8 Å². The third-order valence-corrected chi connectivity index (χ3v) is 2.99. The molecule has 1 aromatic carbocycles. The molecule has 0 aliphatic carbocycles. The predicted molar refractivity (Wildman–Crippen MR) is 65.2 cm³/mol. The van der Waals surface area contributed by atoms with Gasteiger partial charge in [-0.2, -0.15) is 0 Å². The van der Waals surface area contributed by atoms with E-state index in [1.165, 1.54) is 0 Å². The molecule has 0 amide bonds. The van der Waals surface area contributed by atoms with Crippen LogP contribution >= 0.6 is 46.4 Å². The monoisotopic (exact) mass is 268 g/mol. The summed E-state index contributed by atoms with van der Waals surface area (Å²) in [5.74, 6) is 0. The molecule has 0 N–H and O–H groups in total. The fourth-order valence-corrected chi connectivity index (χ4v) is 1.71. The minimum absolute atomic E-state index is 0.0523. The van der Waals surface area contributed by atoms with Crippen LogP contribution in [0.5, 0.6) is 0 Å². The number of hydrogen-bond acceptors (Lipinski definition) is 0. The van der Waals surface area contributed by atoms with E-state index in [1.807, 2.05) is 31.2 Å². The summed E-state index contributed by atoms with van der Waals surface area (Å²) in [7, 11) is 0. The smallest absolute Gasteiger partial charge is 0.118 e. The molecule has 0 aliphatic heterocycles. The molecule has 0 bridgehead atoms. The average molecular weight is 270 g/mol. The van der Waals surface area contributed by atoms with Crippen LogP contribution in [0.2, 0.25) is 0 Å². The summed E-state index contributed by atoms with van der Waals surface area (Å²) in [4.78, 5) is 0. The van der Waals surface area contributed by atoms with E-state index in [-0.39, 0.29) is 9.87 Å². The van der Waals surface area contributed by atoms with Crippen molar-refractivity contribution in [3.63, 3.8) is 0 Å². The third kappa shape index (κ3) is 2.80.